The Hall–Kier alpha value is -2.27. The van der Waals surface area contributed by atoms with E-state index in [0.29, 0.717) is 5.92 Å². The second-order valence-electron chi connectivity index (χ2n) is 5.97. The summed E-state index contributed by atoms with van der Waals surface area (Å²) in [4.78, 5) is 13.3. The number of anilines is 1. The lowest BCUT2D eigenvalue weighted by molar-refractivity contribution is 0.121. The summed E-state index contributed by atoms with van der Waals surface area (Å²) in [6.45, 7) is 9.56. The van der Waals surface area contributed by atoms with E-state index in [9.17, 15) is 0 Å². The van der Waals surface area contributed by atoms with Crippen LogP contribution in [0.3, 0.4) is 0 Å². The number of hydrogen-bond acceptors (Lipinski definition) is 5. The zero-order valence-electron chi connectivity index (χ0n) is 13.6. The largest absolute Gasteiger partial charge is 0.374 e. The van der Waals surface area contributed by atoms with E-state index >= 15 is 0 Å². The van der Waals surface area contributed by atoms with Gasteiger partial charge in [0.2, 0.25) is 0 Å². The molecule has 5 heteroatoms. The van der Waals surface area contributed by atoms with Gasteiger partial charge in [-0.1, -0.05) is 18.2 Å². The molecular formula is C18H22N4O. The Morgan fingerprint density at radius 1 is 1.35 bits per heavy atom. The molecule has 0 saturated carbocycles. The molecule has 3 heterocycles. The highest BCUT2D eigenvalue weighted by Crippen LogP contribution is 2.26. The molecule has 0 aliphatic carbocycles. The third-order valence-corrected chi connectivity index (χ3v) is 4.01. The van der Waals surface area contributed by atoms with E-state index in [2.05, 4.69) is 26.8 Å². The molecule has 23 heavy (non-hydrogen) atoms. The van der Waals surface area contributed by atoms with Crippen LogP contribution in [-0.4, -0.2) is 34.2 Å². The number of pyridine rings is 1. The average molecular weight is 310 g/mol. The molecule has 1 N–H and O–H groups in total. The molecule has 0 spiro atoms. The van der Waals surface area contributed by atoms with Gasteiger partial charge >= 0.3 is 0 Å². The summed E-state index contributed by atoms with van der Waals surface area (Å²) >= 11 is 0. The molecule has 5 nitrogen and oxygen atoms in total. The van der Waals surface area contributed by atoms with E-state index in [1.54, 1.807) is 6.20 Å². The van der Waals surface area contributed by atoms with Gasteiger partial charge in [0.15, 0.2) is 0 Å². The van der Waals surface area contributed by atoms with Gasteiger partial charge in [0.05, 0.1) is 17.5 Å². The molecule has 0 bridgehead atoms. The van der Waals surface area contributed by atoms with Crippen molar-refractivity contribution in [1.82, 2.24) is 15.0 Å². The summed E-state index contributed by atoms with van der Waals surface area (Å²) in [6, 6.07) is 7.75. The third kappa shape index (κ3) is 3.74. The van der Waals surface area contributed by atoms with E-state index in [1.807, 2.05) is 38.1 Å². The number of rotatable bonds is 5. The molecule has 120 valence electrons. The lowest BCUT2D eigenvalue weighted by Crippen LogP contribution is -2.24. The average Bonchev–Trinajstić information content (AvgIpc) is 3.02. The van der Waals surface area contributed by atoms with Gasteiger partial charge in [-0.25, -0.2) is 9.97 Å². The van der Waals surface area contributed by atoms with Gasteiger partial charge in [-0.2, -0.15) is 0 Å². The Morgan fingerprint density at radius 2 is 2.22 bits per heavy atom. The van der Waals surface area contributed by atoms with Gasteiger partial charge < -0.3 is 10.1 Å². The molecule has 2 unspecified atom stereocenters. The van der Waals surface area contributed by atoms with Crippen molar-refractivity contribution in [1.29, 1.82) is 0 Å². The first-order valence-corrected chi connectivity index (χ1v) is 7.91. The van der Waals surface area contributed by atoms with Crippen LogP contribution >= 0.6 is 0 Å². The van der Waals surface area contributed by atoms with Crippen LogP contribution < -0.4 is 5.32 Å². The molecule has 3 rings (SSSR count). The van der Waals surface area contributed by atoms with Crippen molar-refractivity contribution in [2.24, 2.45) is 5.92 Å². The first-order valence-electron chi connectivity index (χ1n) is 7.91. The summed E-state index contributed by atoms with van der Waals surface area (Å²) < 4.78 is 5.75. The van der Waals surface area contributed by atoms with Crippen LogP contribution in [0.25, 0.3) is 11.4 Å². The van der Waals surface area contributed by atoms with Crippen molar-refractivity contribution >= 4 is 5.82 Å². The van der Waals surface area contributed by atoms with Crippen LogP contribution in [0, 0.1) is 12.8 Å². The molecule has 2 atom stereocenters. The van der Waals surface area contributed by atoms with Gasteiger partial charge in [-0.05, 0) is 32.4 Å². The van der Waals surface area contributed by atoms with Crippen molar-refractivity contribution in [2.75, 3.05) is 18.5 Å². The Bertz CT molecular complexity index is 687. The predicted octanol–water partition coefficient (Wildman–Crippen LogP) is 3.24. The molecule has 1 fully saturated rings. The number of aryl methyl sites for hydroxylation is 1. The zero-order chi connectivity index (χ0) is 16.2. The van der Waals surface area contributed by atoms with Crippen LogP contribution in [0.1, 0.15) is 19.2 Å². The molecule has 0 aromatic carbocycles. The van der Waals surface area contributed by atoms with E-state index in [1.165, 1.54) is 0 Å². The minimum atomic E-state index is 0.140. The zero-order valence-corrected chi connectivity index (χ0v) is 13.6. The quantitative estimate of drug-likeness (QED) is 0.859. The number of aromatic nitrogens is 3. The highest BCUT2D eigenvalue weighted by molar-refractivity contribution is 5.58. The molecule has 2 aromatic heterocycles. The minimum absolute atomic E-state index is 0.140. The minimum Gasteiger partial charge on any atom is -0.374 e. The normalized spacial score (nSPS) is 20.4. The fourth-order valence-corrected chi connectivity index (χ4v) is 2.93. The van der Waals surface area contributed by atoms with Crippen molar-refractivity contribution in [3.8, 4) is 11.4 Å². The Morgan fingerprint density at radius 3 is 2.96 bits per heavy atom. The topological polar surface area (TPSA) is 59.9 Å². The fraction of sp³-hybridized carbons (Fsp3) is 0.389. The maximum absolute atomic E-state index is 5.75. The highest BCUT2D eigenvalue weighted by atomic mass is 16.5. The van der Waals surface area contributed by atoms with Crippen LogP contribution in [-0.2, 0) is 4.74 Å². The standard InChI is InChI=1S/C18H22N4O/c1-12(2)18-14(7-9-23-18)11-20-17-10-16(21-13(3)22-17)15-6-4-5-8-19-15/h4-6,8,10,14,18H,1,7,9,11H2,2-3H3,(H,20,21,22). The van der Waals surface area contributed by atoms with E-state index < -0.39 is 0 Å². The molecular weight excluding hydrogens is 288 g/mol. The summed E-state index contributed by atoms with van der Waals surface area (Å²) in [5, 5.41) is 3.42. The monoisotopic (exact) mass is 310 g/mol. The SMILES string of the molecule is C=C(C)C1OCCC1CNc1cc(-c2ccccn2)nc(C)n1. The number of hydrogen-bond donors (Lipinski definition) is 1. The van der Waals surface area contributed by atoms with Crippen LogP contribution in [0.2, 0.25) is 0 Å². The fourth-order valence-electron chi connectivity index (χ4n) is 2.93. The molecule has 1 saturated heterocycles. The predicted molar refractivity (Wildman–Crippen MR) is 91.2 cm³/mol. The highest BCUT2D eigenvalue weighted by Gasteiger charge is 2.28. The lowest BCUT2D eigenvalue weighted by Gasteiger charge is -2.19. The summed E-state index contributed by atoms with van der Waals surface area (Å²) in [7, 11) is 0. The van der Waals surface area contributed by atoms with Gasteiger partial charge in [-0.15, -0.1) is 0 Å². The van der Waals surface area contributed by atoms with Crippen molar-refractivity contribution in [3.05, 3.63) is 48.4 Å². The van der Waals surface area contributed by atoms with E-state index in [4.69, 9.17) is 4.74 Å². The van der Waals surface area contributed by atoms with E-state index in [-0.39, 0.29) is 6.10 Å². The molecule has 0 amide bonds. The Kier molecular flexibility index (Phi) is 4.67. The van der Waals surface area contributed by atoms with Gasteiger partial charge in [-0.3, -0.25) is 4.98 Å². The summed E-state index contributed by atoms with van der Waals surface area (Å²) in [6.07, 6.45) is 2.95. The molecule has 0 radical (unpaired) electrons. The van der Waals surface area contributed by atoms with Gasteiger partial charge in [0.25, 0.3) is 0 Å². The number of ether oxygens (including phenoxy) is 1. The Labute approximate surface area is 136 Å². The number of nitrogens with one attached hydrogen (secondary N) is 1. The second kappa shape index (κ2) is 6.87. The lowest BCUT2D eigenvalue weighted by atomic mass is 9.97. The van der Waals surface area contributed by atoms with Crippen molar-refractivity contribution in [2.45, 2.75) is 26.4 Å². The Balaban J connectivity index is 1.73. The summed E-state index contributed by atoms with van der Waals surface area (Å²) in [5.74, 6) is 1.99. The van der Waals surface area contributed by atoms with Crippen LogP contribution in [0.4, 0.5) is 5.82 Å². The van der Waals surface area contributed by atoms with Gasteiger partial charge in [0, 0.05) is 31.3 Å². The molecule has 2 aromatic rings. The van der Waals surface area contributed by atoms with Gasteiger partial charge in [0.1, 0.15) is 11.6 Å². The molecule has 1 aliphatic heterocycles. The second-order valence-corrected chi connectivity index (χ2v) is 5.97. The summed E-state index contributed by atoms with van der Waals surface area (Å²) in [5.41, 5.74) is 2.77. The van der Waals surface area contributed by atoms with Crippen molar-refractivity contribution < 1.29 is 4.74 Å². The number of nitrogens with zero attached hydrogens (tertiary/aromatic N) is 3. The van der Waals surface area contributed by atoms with Crippen molar-refractivity contribution in [3.63, 3.8) is 0 Å². The third-order valence-electron chi connectivity index (χ3n) is 4.01. The maximum atomic E-state index is 5.75. The maximum Gasteiger partial charge on any atom is 0.130 e. The van der Waals surface area contributed by atoms with E-state index in [0.717, 1.165) is 48.2 Å². The molecule has 1 aliphatic rings. The smallest absolute Gasteiger partial charge is 0.130 e. The van der Waals surface area contributed by atoms with Crippen LogP contribution in [0.15, 0.2) is 42.6 Å². The van der Waals surface area contributed by atoms with Crippen LogP contribution in [0.5, 0.6) is 0 Å². The first kappa shape index (κ1) is 15.6. The first-order chi connectivity index (χ1) is 11.1.